The molecule has 1 aliphatic carbocycles. The summed E-state index contributed by atoms with van der Waals surface area (Å²) in [6.45, 7) is 2.39. The number of carbonyl (C=O) groups excluding carboxylic acids is 2. The Morgan fingerprint density at radius 2 is 1.50 bits per heavy atom. The molecule has 1 aliphatic heterocycles. The molecule has 2 fully saturated rings. The minimum absolute atomic E-state index is 0.0471. The van der Waals surface area contributed by atoms with E-state index in [1.165, 1.54) is 0 Å². The molecule has 134 valence electrons. The molecule has 2 aromatic carbocycles. The summed E-state index contributed by atoms with van der Waals surface area (Å²) in [5.41, 5.74) is 1.45. The molecule has 4 nitrogen and oxygen atoms in total. The summed E-state index contributed by atoms with van der Waals surface area (Å²) in [5.74, 6) is 0.258. The Morgan fingerprint density at radius 1 is 0.846 bits per heavy atom. The lowest BCUT2D eigenvalue weighted by Gasteiger charge is -2.36. The molecule has 26 heavy (non-hydrogen) atoms. The molecule has 4 rings (SSSR count). The molecule has 0 spiro atoms. The quantitative estimate of drug-likeness (QED) is 0.774. The van der Waals surface area contributed by atoms with Gasteiger partial charge in [0.15, 0.2) is 0 Å². The van der Waals surface area contributed by atoms with Gasteiger partial charge in [-0.1, -0.05) is 46.3 Å². The van der Waals surface area contributed by atoms with E-state index in [1.807, 2.05) is 58.3 Å². The van der Waals surface area contributed by atoms with Gasteiger partial charge in [0.2, 0.25) is 5.91 Å². The number of hydrogen-bond donors (Lipinski definition) is 0. The van der Waals surface area contributed by atoms with Crippen molar-refractivity contribution in [3.63, 3.8) is 0 Å². The van der Waals surface area contributed by atoms with E-state index < -0.39 is 0 Å². The van der Waals surface area contributed by atoms with E-state index in [-0.39, 0.29) is 17.2 Å². The van der Waals surface area contributed by atoms with Crippen molar-refractivity contribution in [3.05, 3.63) is 70.2 Å². The zero-order valence-corrected chi connectivity index (χ0v) is 16.1. The van der Waals surface area contributed by atoms with Crippen molar-refractivity contribution < 1.29 is 9.59 Å². The molecule has 2 aromatic rings. The molecule has 2 amide bonds. The van der Waals surface area contributed by atoms with Crippen molar-refractivity contribution in [2.45, 2.75) is 18.3 Å². The molecule has 5 heteroatoms. The maximum Gasteiger partial charge on any atom is 0.253 e. The van der Waals surface area contributed by atoms with Crippen LogP contribution >= 0.6 is 15.9 Å². The highest BCUT2D eigenvalue weighted by Crippen LogP contribution is 2.50. The zero-order valence-electron chi connectivity index (χ0n) is 14.5. The first kappa shape index (κ1) is 17.3. The van der Waals surface area contributed by atoms with Crippen LogP contribution in [0.3, 0.4) is 0 Å². The molecule has 0 aromatic heterocycles. The Morgan fingerprint density at radius 3 is 2.12 bits per heavy atom. The second kappa shape index (κ2) is 6.88. The Hall–Kier alpha value is -2.14. The summed E-state index contributed by atoms with van der Waals surface area (Å²) in [6.07, 6.45) is 1.82. The van der Waals surface area contributed by atoms with Crippen molar-refractivity contribution in [1.29, 1.82) is 0 Å². The molecule has 0 N–H and O–H groups in total. The third-order valence-corrected chi connectivity index (χ3v) is 5.90. The molecule has 0 bridgehead atoms. The lowest BCUT2D eigenvalue weighted by atomic mass is 9.94. The van der Waals surface area contributed by atoms with E-state index in [4.69, 9.17) is 0 Å². The maximum absolute atomic E-state index is 13.1. The van der Waals surface area contributed by atoms with Gasteiger partial charge in [-0.3, -0.25) is 9.59 Å². The van der Waals surface area contributed by atoms with Gasteiger partial charge in [0, 0.05) is 36.2 Å². The van der Waals surface area contributed by atoms with Crippen LogP contribution in [0.15, 0.2) is 59.1 Å². The molecular weight excluding hydrogens is 392 g/mol. The maximum atomic E-state index is 13.1. The number of carbonyl (C=O) groups is 2. The minimum atomic E-state index is -0.352. The zero-order chi connectivity index (χ0) is 18.1. The van der Waals surface area contributed by atoms with Gasteiger partial charge in [-0.05, 0) is 42.7 Å². The number of piperazine rings is 1. The monoisotopic (exact) mass is 412 g/mol. The highest BCUT2D eigenvalue weighted by molar-refractivity contribution is 9.10. The predicted molar refractivity (Wildman–Crippen MR) is 104 cm³/mol. The first-order valence-electron chi connectivity index (χ1n) is 9.00. The van der Waals surface area contributed by atoms with Crippen molar-refractivity contribution in [2.75, 3.05) is 26.2 Å². The van der Waals surface area contributed by atoms with Crippen LogP contribution in [0.2, 0.25) is 0 Å². The normalized spacial score (nSPS) is 18.5. The van der Waals surface area contributed by atoms with Crippen LogP contribution in [0.25, 0.3) is 0 Å². The third-order valence-electron chi connectivity index (χ3n) is 5.41. The molecule has 1 saturated heterocycles. The topological polar surface area (TPSA) is 40.6 Å². The average molecular weight is 413 g/mol. The van der Waals surface area contributed by atoms with Gasteiger partial charge >= 0.3 is 0 Å². The van der Waals surface area contributed by atoms with Crippen LogP contribution < -0.4 is 0 Å². The lowest BCUT2D eigenvalue weighted by Crippen LogP contribution is -2.53. The molecule has 0 atom stereocenters. The molecule has 2 aliphatic rings. The van der Waals surface area contributed by atoms with Gasteiger partial charge in [-0.2, -0.15) is 0 Å². The molecule has 1 heterocycles. The van der Waals surface area contributed by atoms with E-state index in [0.717, 1.165) is 22.9 Å². The van der Waals surface area contributed by atoms with Crippen molar-refractivity contribution in [3.8, 4) is 0 Å². The van der Waals surface area contributed by atoms with Crippen LogP contribution in [0.4, 0.5) is 0 Å². The Balaban J connectivity index is 1.42. The average Bonchev–Trinajstić information content (AvgIpc) is 3.50. The van der Waals surface area contributed by atoms with E-state index >= 15 is 0 Å². The van der Waals surface area contributed by atoms with Crippen LogP contribution in [0, 0.1) is 0 Å². The van der Waals surface area contributed by atoms with E-state index in [9.17, 15) is 9.59 Å². The fourth-order valence-electron chi connectivity index (χ4n) is 3.72. The molecule has 0 unspecified atom stereocenters. The van der Waals surface area contributed by atoms with Gasteiger partial charge < -0.3 is 9.80 Å². The highest BCUT2D eigenvalue weighted by atomic mass is 79.9. The second-order valence-electron chi connectivity index (χ2n) is 7.04. The highest BCUT2D eigenvalue weighted by Gasteiger charge is 2.53. The predicted octanol–water partition coefficient (Wildman–Crippen LogP) is 3.47. The number of benzene rings is 2. The summed E-state index contributed by atoms with van der Waals surface area (Å²) in [4.78, 5) is 29.5. The molecule has 1 saturated carbocycles. The Kier molecular flexibility index (Phi) is 4.57. The number of nitrogens with zero attached hydrogens (tertiary/aromatic N) is 2. The summed E-state index contributed by atoms with van der Waals surface area (Å²) in [5, 5.41) is 0. The van der Waals surface area contributed by atoms with Gasteiger partial charge in [0.1, 0.15) is 0 Å². The van der Waals surface area contributed by atoms with Gasteiger partial charge in [-0.15, -0.1) is 0 Å². The number of amides is 2. The van der Waals surface area contributed by atoms with Crippen LogP contribution in [0.5, 0.6) is 0 Å². The fourth-order valence-corrected chi connectivity index (χ4v) is 4.12. The minimum Gasteiger partial charge on any atom is -0.338 e. The largest absolute Gasteiger partial charge is 0.338 e. The summed E-state index contributed by atoms with van der Waals surface area (Å²) < 4.78 is 1.01. The Bertz CT molecular complexity index is 825. The summed E-state index contributed by atoms with van der Waals surface area (Å²) in [6, 6.07) is 17.4. The first-order valence-corrected chi connectivity index (χ1v) is 9.79. The first-order chi connectivity index (χ1) is 12.6. The SMILES string of the molecule is O=C(c1ccccc1)N1CCN(C(=O)C2(c3cccc(Br)c3)CC2)CC1. The van der Waals surface area contributed by atoms with Gasteiger partial charge in [0.05, 0.1) is 5.41 Å². The van der Waals surface area contributed by atoms with Crippen molar-refractivity contribution in [1.82, 2.24) is 9.80 Å². The smallest absolute Gasteiger partial charge is 0.253 e. The number of rotatable bonds is 3. The number of hydrogen-bond acceptors (Lipinski definition) is 2. The molecular formula is C21H21BrN2O2. The summed E-state index contributed by atoms with van der Waals surface area (Å²) >= 11 is 3.50. The van der Waals surface area contributed by atoms with Crippen LogP contribution in [0.1, 0.15) is 28.8 Å². The standard InChI is InChI=1S/C21H21BrN2O2/c22-18-8-4-7-17(15-18)21(9-10-21)20(26)24-13-11-23(12-14-24)19(25)16-5-2-1-3-6-16/h1-8,15H,9-14H2. The van der Waals surface area contributed by atoms with Crippen LogP contribution in [-0.2, 0) is 10.2 Å². The molecule has 0 radical (unpaired) electrons. The van der Waals surface area contributed by atoms with Crippen molar-refractivity contribution in [2.24, 2.45) is 0 Å². The van der Waals surface area contributed by atoms with Gasteiger partial charge in [-0.25, -0.2) is 0 Å². The lowest BCUT2D eigenvalue weighted by molar-refractivity contribution is -0.135. The second-order valence-corrected chi connectivity index (χ2v) is 7.96. The van der Waals surface area contributed by atoms with Gasteiger partial charge in [0.25, 0.3) is 5.91 Å². The summed E-state index contributed by atoms with van der Waals surface area (Å²) in [7, 11) is 0. The number of halogens is 1. The fraction of sp³-hybridized carbons (Fsp3) is 0.333. The van der Waals surface area contributed by atoms with Crippen molar-refractivity contribution >= 4 is 27.7 Å². The van der Waals surface area contributed by atoms with E-state index in [0.29, 0.717) is 31.7 Å². The van der Waals surface area contributed by atoms with E-state index in [1.54, 1.807) is 0 Å². The Labute approximate surface area is 161 Å². The van der Waals surface area contributed by atoms with E-state index in [2.05, 4.69) is 22.0 Å². The van der Waals surface area contributed by atoms with Crippen LogP contribution in [-0.4, -0.2) is 47.8 Å². The third kappa shape index (κ3) is 3.16.